The molecule has 0 fully saturated rings. The number of nitrogens with zero attached hydrogens (tertiary/aromatic N) is 1. The molecule has 0 amide bonds. The highest BCUT2D eigenvalue weighted by Gasteiger charge is 2.03. The van der Waals surface area contributed by atoms with Crippen molar-refractivity contribution in [2.24, 2.45) is 0 Å². The first kappa shape index (κ1) is 12.5. The molecule has 17 heavy (non-hydrogen) atoms. The minimum absolute atomic E-state index is 0.688. The Bertz CT molecular complexity index is 470. The third-order valence-corrected chi connectivity index (χ3v) is 3.56. The van der Waals surface area contributed by atoms with Crippen molar-refractivity contribution in [3.05, 3.63) is 34.1 Å². The van der Waals surface area contributed by atoms with Gasteiger partial charge in [0, 0.05) is 29.1 Å². The van der Waals surface area contributed by atoms with Gasteiger partial charge in [-0.1, -0.05) is 28.1 Å². The predicted octanol–water partition coefficient (Wildman–Crippen LogP) is 3.63. The van der Waals surface area contributed by atoms with Gasteiger partial charge in [-0.05, 0) is 12.1 Å². The van der Waals surface area contributed by atoms with Crippen molar-refractivity contribution in [2.45, 2.75) is 0 Å². The van der Waals surface area contributed by atoms with Gasteiger partial charge in [-0.3, -0.25) is 0 Å². The van der Waals surface area contributed by atoms with Gasteiger partial charge in [0.05, 0.1) is 12.3 Å². The largest absolute Gasteiger partial charge is 0.383 e. The van der Waals surface area contributed by atoms with E-state index < -0.39 is 0 Å². The van der Waals surface area contributed by atoms with Crippen molar-refractivity contribution in [2.75, 3.05) is 25.6 Å². The summed E-state index contributed by atoms with van der Waals surface area (Å²) in [5, 5.41) is 6.20. The molecule has 5 heteroatoms. The van der Waals surface area contributed by atoms with E-state index in [1.54, 1.807) is 18.4 Å². The van der Waals surface area contributed by atoms with E-state index in [1.165, 1.54) is 0 Å². The van der Waals surface area contributed by atoms with Crippen molar-refractivity contribution < 1.29 is 4.74 Å². The van der Waals surface area contributed by atoms with Gasteiger partial charge in [0.25, 0.3) is 0 Å². The summed E-state index contributed by atoms with van der Waals surface area (Å²) in [6.45, 7) is 1.47. The Morgan fingerprint density at radius 3 is 2.82 bits per heavy atom. The first-order chi connectivity index (χ1) is 8.29. The zero-order valence-electron chi connectivity index (χ0n) is 9.44. The zero-order chi connectivity index (χ0) is 12.1. The molecule has 2 rings (SSSR count). The lowest BCUT2D eigenvalue weighted by molar-refractivity contribution is 0.211. The summed E-state index contributed by atoms with van der Waals surface area (Å²) in [7, 11) is 1.69. The Hall–Kier alpha value is -0.910. The molecule has 90 valence electrons. The van der Waals surface area contributed by atoms with E-state index in [0.29, 0.717) is 6.61 Å². The van der Waals surface area contributed by atoms with Crippen LogP contribution in [0.3, 0.4) is 0 Å². The molecule has 3 nitrogen and oxygen atoms in total. The SMILES string of the molecule is COCCNc1nc(-c2ccc(Br)cc2)cs1. The van der Waals surface area contributed by atoms with E-state index >= 15 is 0 Å². The fraction of sp³-hybridized carbons (Fsp3) is 0.250. The molecule has 0 atom stereocenters. The van der Waals surface area contributed by atoms with Crippen molar-refractivity contribution in [3.63, 3.8) is 0 Å². The zero-order valence-corrected chi connectivity index (χ0v) is 11.8. The van der Waals surface area contributed by atoms with Crippen LogP contribution in [0, 0.1) is 0 Å². The minimum atomic E-state index is 0.688. The second-order valence-electron chi connectivity index (χ2n) is 3.46. The molecule has 0 bridgehead atoms. The van der Waals surface area contributed by atoms with Gasteiger partial charge in [0.1, 0.15) is 0 Å². The molecule has 2 aromatic rings. The maximum Gasteiger partial charge on any atom is 0.183 e. The second-order valence-corrected chi connectivity index (χ2v) is 5.24. The molecule has 0 spiro atoms. The van der Waals surface area contributed by atoms with Crippen molar-refractivity contribution in [1.82, 2.24) is 4.98 Å². The standard InChI is InChI=1S/C12H13BrN2OS/c1-16-7-6-14-12-15-11(8-17-12)9-2-4-10(13)5-3-9/h2-5,8H,6-7H2,1H3,(H,14,15). The summed E-state index contributed by atoms with van der Waals surface area (Å²) in [6, 6.07) is 8.15. The normalized spacial score (nSPS) is 10.5. The molecule has 1 aromatic carbocycles. The fourth-order valence-corrected chi connectivity index (χ4v) is 2.38. The van der Waals surface area contributed by atoms with Crippen LogP contribution in [0.15, 0.2) is 34.1 Å². The summed E-state index contributed by atoms with van der Waals surface area (Å²) < 4.78 is 6.06. The number of ether oxygens (including phenoxy) is 1. The van der Waals surface area contributed by atoms with E-state index in [9.17, 15) is 0 Å². The Kier molecular flexibility index (Phi) is 4.53. The second kappa shape index (κ2) is 6.14. The number of halogens is 1. The highest BCUT2D eigenvalue weighted by molar-refractivity contribution is 9.10. The molecule has 0 saturated heterocycles. The number of thiazole rings is 1. The molecule has 0 radical (unpaired) electrons. The van der Waals surface area contributed by atoms with Crippen LogP contribution in [0.5, 0.6) is 0 Å². The summed E-state index contributed by atoms with van der Waals surface area (Å²) in [5.41, 5.74) is 2.13. The lowest BCUT2D eigenvalue weighted by Crippen LogP contribution is -2.06. The fourth-order valence-electron chi connectivity index (χ4n) is 1.37. The molecular formula is C12H13BrN2OS. The smallest absolute Gasteiger partial charge is 0.183 e. The van der Waals surface area contributed by atoms with E-state index in [2.05, 4.69) is 43.7 Å². The third-order valence-electron chi connectivity index (χ3n) is 2.23. The highest BCUT2D eigenvalue weighted by atomic mass is 79.9. The summed E-state index contributed by atoms with van der Waals surface area (Å²) in [4.78, 5) is 4.52. The maximum atomic E-state index is 4.98. The van der Waals surface area contributed by atoms with Crippen LogP contribution >= 0.6 is 27.3 Å². The molecule has 0 saturated carbocycles. The molecule has 0 unspecified atom stereocenters. The number of anilines is 1. The summed E-state index contributed by atoms with van der Waals surface area (Å²) in [5.74, 6) is 0. The van der Waals surface area contributed by atoms with Crippen molar-refractivity contribution in [3.8, 4) is 11.3 Å². The average Bonchev–Trinajstić information content (AvgIpc) is 2.79. The van der Waals surface area contributed by atoms with Gasteiger partial charge in [-0.25, -0.2) is 4.98 Å². The lowest BCUT2D eigenvalue weighted by Gasteiger charge is -2.00. The maximum absolute atomic E-state index is 4.98. The molecular weight excluding hydrogens is 300 g/mol. The lowest BCUT2D eigenvalue weighted by atomic mass is 10.2. The van der Waals surface area contributed by atoms with E-state index in [-0.39, 0.29) is 0 Å². The van der Waals surface area contributed by atoms with Crippen LogP contribution in [0.1, 0.15) is 0 Å². The Labute approximate surface area is 113 Å². The van der Waals surface area contributed by atoms with Crippen LogP contribution in [0.2, 0.25) is 0 Å². The van der Waals surface area contributed by atoms with E-state index in [1.807, 2.05) is 12.1 Å². The topological polar surface area (TPSA) is 34.1 Å². The number of benzene rings is 1. The van der Waals surface area contributed by atoms with Gasteiger partial charge in [0.2, 0.25) is 0 Å². The van der Waals surface area contributed by atoms with Crippen LogP contribution in [-0.2, 0) is 4.74 Å². The van der Waals surface area contributed by atoms with Crippen LogP contribution in [0.4, 0.5) is 5.13 Å². The van der Waals surface area contributed by atoms with Crippen LogP contribution in [0.25, 0.3) is 11.3 Å². The number of hydrogen-bond acceptors (Lipinski definition) is 4. The van der Waals surface area contributed by atoms with Crippen LogP contribution in [-0.4, -0.2) is 25.2 Å². The van der Waals surface area contributed by atoms with Gasteiger partial charge >= 0.3 is 0 Å². The molecule has 1 N–H and O–H groups in total. The molecule has 0 aliphatic carbocycles. The summed E-state index contributed by atoms with van der Waals surface area (Å²) in [6.07, 6.45) is 0. The quantitative estimate of drug-likeness (QED) is 0.856. The molecule has 0 aliphatic rings. The van der Waals surface area contributed by atoms with Gasteiger partial charge < -0.3 is 10.1 Å². The number of methoxy groups -OCH3 is 1. The Morgan fingerprint density at radius 1 is 1.35 bits per heavy atom. The molecule has 0 aliphatic heterocycles. The van der Waals surface area contributed by atoms with Gasteiger partial charge in [-0.2, -0.15) is 0 Å². The third kappa shape index (κ3) is 3.52. The summed E-state index contributed by atoms with van der Waals surface area (Å²) >= 11 is 5.03. The number of nitrogens with one attached hydrogen (secondary N) is 1. The van der Waals surface area contributed by atoms with Gasteiger partial charge in [0.15, 0.2) is 5.13 Å². The van der Waals surface area contributed by atoms with E-state index in [4.69, 9.17) is 4.74 Å². The molecule has 1 heterocycles. The number of hydrogen-bond donors (Lipinski definition) is 1. The Morgan fingerprint density at radius 2 is 2.12 bits per heavy atom. The Balaban J connectivity index is 2.04. The average molecular weight is 313 g/mol. The molecule has 1 aromatic heterocycles. The first-order valence-corrected chi connectivity index (χ1v) is 6.91. The van der Waals surface area contributed by atoms with Crippen LogP contribution < -0.4 is 5.32 Å². The van der Waals surface area contributed by atoms with Crippen molar-refractivity contribution in [1.29, 1.82) is 0 Å². The van der Waals surface area contributed by atoms with Crippen molar-refractivity contribution >= 4 is 32.4 Å². The first-order valence-electron chi connectivity index (χ1n) is 5.24. The monoisotopic (exact) mass is 312 g/mol. The van der Waals surface area contributed by atoms with Gasteiger partial charge in [-0.15, -0.1) is 11.3 Å². The predicted molar refractivity (Wildman–Crippen MR) is 75.6 cm³/mol. The number of rotatable bonds is 5. The number of aromatic nitrogens is 1. The highest BCUT2D eigenvalue weighted by Crippen LogP contribution is 2.25. The minimum Gasteiger partial charge on any atom is -0.383 e. The van der Waals surface area contributed by atoms with E-state index in [0.717, 1.165) is 27.4 Å².